The second-order valence-electron chi connectivity index (χ2n) is 11.4. The number of alkyl halides is 3. The van der Waals surface area contributed by atoms with Crippen LogP contribution in [0.3, 0.4) is 0 Å². The molecule has 0 bridgehead atoms. The van der Waals surface area contributed by atoms with Gasteiger partial charge in [-0.2, -0.15) is 18.4 Å². The number of thiophene rings is 1. The number of carbonyl (C=O) groups is 4. The van der Waals surface area contributed by atoms with Gasteiger partial charge in [-0.15, -0.1) is 11.3 Å². The molecule has 3 aliphatic rings. The highest BCUT2D eigenvalue weighted by Gasteiger charge is 2.72. The van der Waals surface area contributed by atoms with Gasteiger partial charge in [-0.1, -0.05) is 13.8 Å². The molecule has 5 heterocycles. The number of aliphatic carboxylic acids is 1. The number of β-amino-alcohol motifs (C(OH)–C–C–N with tert-alkyl or cyclic N) is 1. The molecule has 2 aliphatic heterocycles. The SMILES string of the molecule is Cc1nc(C#N)cc(-c2ccnc3cc(CN4C(=O)C5C(C4=O)C5(C)C)sc23)c1C(=O)N1CCC(O)C1.O=C(O)C(F)(F)F. The lowest BCUT2D eigenvalue weighted by Gasteiger charge is -2.20. The van der Waals surface area contributed by atoms with Crippen LogP contribution in [0.5, 0.6) is 0 Å². The van der Waals surface area contributed by atoms with Crippen molar-refractivity contribution >= 4 is 45.2 Å². The molecule has 11 nitrogen and oxygen atoms in total. The number of carbonyl (C=O) groups excluding carboxylic acids is 3. The Kier molecular flexibility index (Phi) is 7.71. The second-order valence-corrected chi connectivity index (χ2v) is 12.6. The topological polar surface area (TPSA) is 165 Å². The van der Waals surface area contributed by atoms with E-state index in [-0.39, 0.29) is 53.8 Å². The number of carboxylic acids is 1. The number of carboxylic acid groups (broad SMARTS) is 1. The van der Waals surface area contributed by atoms with Crippen LogP contribution in [-0.2, 0) is 20.9 Å². The number of pyridine rings is 2. The lowest BCUT2D eigenvalue weighted by molar-refractivity contribution is -0.192. The molecule has 1 saturated carbocycles. The van der Waals surface area contributed by atoms with Gasteiger partial charge in [0.15, 0.2) is 0 Å². The highest BCUT2D eigenvalue weighted by molar-refractivity contribution is 7.19. The van der Waals surface area contributed by atoms with Gasteiger partial charge < -0.3 is 15.1 Å². The quantitative estimate of drug-likeness (QED) is 0.411. The standard InChI is InChI=1S/C27H25N5O4S.C2HF3O2/c1-13-20(24(34)31-7-5-15(33)11-31)18(8-14(10-28)30-13)17-4-6-29-19-9-16(37-23(17)19)12-32-25(35)21-22(26(32)36)27(21,2)3;3-2(4,5)1(6)7/h4,6,8-9,15,21-22,33H,5,7,11-12H2,1-3H3;(H,6,7). The van der Waals surface area contributed by atoms with E-state index < -0.39 is 18.2 Å². The Morgan fingerprint density at radius 3 is 2.36 bits per heavy atom. The van der Waals surface area contributed by atoms with Crippen LogP contribution in [0.2, 0.25) is 0 Å². The maximum atomic E-state index is 13.5. The number of rotatable bonds is 4. The van der Waals surface area contributed by atoms with E-state index in [1.165, 1.54) is 16.2 Å². The lowest BCUT2D eigenvalue weighted by atomic mass is 9.97. The zero-order valence-electron chi connectivity index (χ0n) is 23.7. The maximum absolute atomic E-state index is 13.5. The number of amides is 3. The molecule has 2 N–H and O–H groups in total. The summed E-state index contributed by atoms with van der Waals surface area (Å²) in [6, 6.07) is 7.37. The predicted molar refractivity (Wildman–Crippen MR) is 149 cm³/mol. The van der Waals surface area contributed by atoms with Gasteiger partial charge in [0.05, 0.1) is 46.0 Å². The Morgan fingerprint density at radius 2 is 1.82 bits per heavy atom. The van der Waals surface area contributed by atoms with Crippen LogP contribution < -0.4 is 0 Å². The summed E-state index contributed by atoms with van der Waals surface area (Å²) in [5, 5.41) is 26.7. The smallest absolute Gasteiger partial charge is 0.475 e. The van der Waals surface area contributed by atoms with Gasteiger partial charge in [0.1, 0.15) is 11.8 Å². The summed E-state index contributed by atoms with van der Waals surface area (Å²) < 4.78 is 32.5. The summed E-state index contributed by atoms with van der Waals surface area (Å²) in [5.74, 6) is -3.69. The number of aryl methyl sites for hydroxylation is 1. The Morgan fingerprint density at radius 1 is 1.18 bits per heavy atom. The predicted octanol–water partition coefficient (Wildman–Crippen LogP) is 3.52. The minimum Gasteiger partial charge on any atom is -0.475 e. The number of fused-ring (bicyclic) bond motifs is 2. The van der Waals surface area contributed by atoms with Crippen molar-refractivity contribution in [3.8, 4) is 17.2 Å². The van der Waals surface area contributed by atoms with Crippen LogP contribution in [0.15, 0.2) is 24.4 Å². The molecule has 3 unspecified atom stereocenters. The van der Waals surface area contributed by atoms with E-state index in [2.05, 4.69) is 16.0 Å². The number of hydrogen-bond donors (Lipinski definition) is 2. The molecular weight excluding hydrogens is 603 g/mol. The summed E-state index contributed by atoms with van der Waals surface area (Å²) in [4.78, 5) is 60.7. The molecule has 3 aromatic heterocycles. The summed E-state index contributed by atoms with van der Waals surface area (Å²) in [7, 11) is 0. The van der Waals surface area contributed by atoms with Gasteiger partial charge in [0.2, 0.25) is 11.8 Å². The first-order chi connectivity index (χ1) is 20.6. The first kappa shape index (κ1) is 31.0. The van der Waals surface area contributed by atoms with Crippen molar-refractivity contribution < 1.29 is 42.6 Å². The monoisotopic (exact) mass is 629 g/mol. The first-order valence-corrected chi connectivity index (χ1v) is 14.3. The van der Waals surface area contributed by atoms with Gasteiger partial charge in [-0.25, -0.2) is 9.78 Å². The Hall–Kier alpha value is -4.42. The van der Waals surface area contributed by atoms with Crippen LogP contribution in [-0.4, -0.2) is 79.0 Å². The number of nitrogens with zero attached hydrogens (tertiary/aromatic N) is 5. The van der Waals surface area contributed by atoms with Gasteiger partial charge in [0, 0.05) is 35.3 Å². The van der Waals surface area contributed by atoms with E-state index >= 15 is 0 Å². The third-order valence-electron chi connectivity index (χ3n) is 8.18. The number of piperidine rings is 1. The normalized spacial score (nSPS) is 22.0. The Bertz CT molecular complexity index is 1740. The third-order valence-corrected chi connectivity index (χ3v) is 9.32. The van der Waals surface area contributed by atoms with Gasteiger partial charge in [-0.3, -0.25) is 24.3 Å². The fourth-order valence-corrected chi connectivity index (χ4v) is 7.02. The molecule has 3 fully saturated rings. The second kappa shape index (κ2) is 10.9. The molecule has 3 aromatic rings. The van der Waals surface area contributed by atoms with Crippen LogP contribution in [0, 0.1) is 35.5 Å². The summed E-state index contributed by atoms with van der Waals surface area (Å²) >= 11 is 1.42. The highest BCUT2D eigenvalue weighted by Crippen LogP contribution is 2.63. The molecule has 2 saturated heterocycles. The molecule has 3 amide bonds. The van der Waals surface area contributed by atoms with Crippen molar-refractivity contribution in [2.24, 2.45) is 17.3 Å². The highest BCUT2D eigenvalue weighted by atomic mass is 32.1. The summed E-state index contributed by atoms with van der Waals surface area (Å²) in [5.41, 5.74) is 2.76. The molecule has 15 heteroatoms. The van der Waals surface area contributed by atoms with Crippen molar-refractivity contribution in [1.29, 1.82) is 5.26 Å². The molecule has 0 aromatic carbocycles. The van der Waals surface area contributed by atoms with E-state index in [1.807, 2.05) is 19.9 Å². The zero-order chi connectivity index (χ0) is 32.3. The number of aromatic nitrogens is 2. The largest absolute Gasteiger partial charge is 0.490 e. The number of hydrogen-bond acceptors (Lipinski definition) is 9. The molecule has 6 rings (SSSR count). The van der Waals surface area contributed by atoms with Gasteiger partial charge in [-0.05, 0) is 37.0 Å². The van der Waals surface area contributed by atoms with E-state index in [4.69, 9.17) is 9.90 Å². The lowest BCUT2D eigenvalue weighted by Crippen LogP contribution is -2.35. The average molecular weight is 630 g/mol. The number of likely N-dealkylation sites (tertiary alicyclic amines) is 2. The minimum atomic E-state index is -5.08. The molecule has 3 atom stereocenters. The van der Waals surface area contributed by atoms with Crippen LogP contribution in [0.4, 0.5) is 13.2 Å². The van der Waals surface area contributed by atoms with Gasteiger partial charge in [0.25, 0.3) is 5.91 Å². The van der Waals surface area contributed by atoms with Crippen molar-refractivity contribution in [2.75, 3.05) is 13.1 Å². The van der Waals surface area contributed by atoms with E-state index in [9.17, 15) is 37.9 Å². The number of aliphatic hydroxyl groups excluding tert-OH is 1. The molecule has 0 spiro atoms. The number of halogens is 3. The van der Waals surface area contributed by atoms with Crippen molar-refractivity contribution in [1.82, 2.24) is 19.8 Å². The van der Waals surface area contributed by atoms with Crippen molar-refractivity contribution in [3.05, 3.63) is 46.2 Å². The minimum absolute atomic E-state index is 0.116. The Balaban J connectivity index is 0.000000493. The van der Waals surface area contributed by atoms with Crippen molar-refractivity contribution in [3.63, 3.8) is 0 Å². The third kappa shape index (κ3) is 5.39. The molecule has 44 heavy (non-hydrogen) atoms. The van der Waals surface area contributed by atoms with Crippen LogP contribution in [0.1, 0.15) is 46.9 Å². The van der Waals surface area contributed by atoms with E-state index in [0.717, 1.165) is 15.1 Å². The average Bonchev–Trinajstić information content (AvgIpc) is 3.33. The van der Waals surface area contributed by atoms with E-state index in [0.29, 0.717) is 35.3 Å². The van der Waals surface area contributed by atoms with Crippen LogP contribution in [0.25, 0.3) is 21.3 Å². The number of aliphatic hydroxyl groups is 1. The van der Waals surface area contributed by atoms with E-state index in [1.54, 1.807) is 30.2 Å². The zero-order valence-corrected chi connectivity index (χ0v) is 24.5. The van der Waals surface area contributed by atoms with Gasteiger partial charge >= 0.3 is 12.1 Å². The van der Waals surface area contributed by atoms with Crippen LogP contribution >= 0.6 is 11.3 Å². The molecule has 230 valence electrons. The first-order valence-electron chi connectivity index (χ1n) is 13.5. The maximum Gasteiger partial charge on any atom is 0.490 e. The summed E-state index contributed by atoms with van der Waals surface area (Å²) in [6.07, 6.45) is -3.47. The number of imide groups is 1. The van der Waals surface area contributed by atoms with Crippen molar-refractivity contribution in [2.45, 2.75) is 46.0 Å². The summed E-state index contributed by atoms with van der Waals surface area (Å²) in [6.45, 7) is 6.52. The molecular formula is C29H26F3N5O6S. The number of nitriles is 1. The molecule has 1 aliphatic carbocycles. The molecule has 0 radical (unpaired) electrons. The fourth-order valence-electron chi connectivity index (χ4n) is 5.89. The Labute approximate surface area is 252 Å². The fraction of sp³-hybridized carbons (Fsp3) is 0.414.